The highest BCUT2D eigenvalue weighted by Gasteiger charge is 2.60. The van der Waals surface area contributed by atoms with Crippen molar-refractivity contribution in [2.75, 3.05) is 6.61 Å². The van der Waals surface area contributed by atoms with Gasteiger partial charge >= 0.3 is 0 Å². The quantitative estimate of drug-likeness (QED) is 0.794. The van der Waals surface area contributed by atoms with Crippen LogP contribution >= 0.6 is 11.6 Å². The number of fused-ring (bicyclic) bond motifs is 3. The Kier molecular flexibility index (Phi) is 4.80. The molecule has 0 bridgehead atoms. The number of benzene rings is 1. The minimum absolute atomic E-state index is 0.264. The second-order valence-electron chi connectivity index (χ2n) is 7.81. The number of ether oxygens (including phenoxy) is 6. The highest BCUT2D eigenvalue weighted by atomic mass is 35.5. The molecular formula is C19H25ClO6. The van der Waals surface area contributed by atoms with Crippen molar-refractivity contribution in [3.63, 3.8) is 0 Å². The lowest BCUT2D eigenvalue weighted by Gasteiger charge is -2.37. The van der Waals surface area contributed by atoms with Gasteiger partial charge in [-0.25, -0.2) is 0 Å². The standard InChI is InChI=1S/C19H25ClO6/c1-18(2)23-14-13(10-21-9-11-7-5-6-8-12(11)20)22-17-16(15(14)24-18)25-19(3,4)26-17/h5-8,13-17H,9-10H2,1-4H3/t13-,14+,15+,16-,17-/m1/s1. The Labute approximate surface area is 158 Å². The van der Waals surface area contributed by atoms with Gasteiger partial charge in [0.05, 0.1) is 13.2 Å². The highest BCUT2D eigenvalue weighted by molar-refractivity contribution is 6.31. The van der Waals surface area contributed by atoms with Crippen molar-refractivity contribution >= 4 is 11.6 Å². The average molecular weight is 385 g/mol. The van der Waals surface area contributed by atoms with E-state index in [1.807, 2.05) is 52.0 Å². The Morgan fingerprint density at radius 2 is 1.58 bits per heavy atom. The molecule has 1 aromatic rings. The molecule has 144 valence electrons. The maximum absolute atomic E-state index is 6.18. The monoisotopic (exact) mass is 384 g/mol. The lowest BCUT2D eigenvalue weighted by atomic mass is 9.99. The molecule has 3 heterocycles. The van der Waals surface area contributed by atoms with Gasteiger partial charge in [0.2, 0.25) is 0 Å². The molecule has 0 spiro atoms. The molecule has 0 amide bonds. The largest absolute Gasteiger partial charge is 0.374 e. The molecular weight excluding hydrogens is 360 g/mol. The van der Waals surface area contributed by atoms with Gasteiger partial charge in [0, 0.05) is 5.02 Å². The van der Waals surface area contributed by atoms with Crippen molar-refractivity contribution in [1.82, 2.24) is 0 Å². The molecule has 4 rings (SSSR count). The van der Waals surface area contributed by atoms with Gasteiger partial charge in [-0.15, -0.1) is 0 Å². The van der Waals surface area contributed by atoms with Crippen molar-refractivity contribution in [3.05, 3.63) is 34.9 Å². The Morgan fingerprint density at radius 3 is 2.35 bits per heavy atom. The summed E-state index contributed by atoms with van der Waals surface area (Å²) < 4.78 is 36.0. The molecule has 7 heteroatoms. The maximum atomic E-state index is 6.18. The Balaban J connectivity index is 1.45. The van der Waals surface area contributed by atoms with Crippen molar-refractivity contribution in [3.8, 4) is 0 Å². The third kappa shape index (κ3) is 3.64. The van der Waals surface area contributed by atoms with Gasteiger partial charge in [0.25, 0.3) is 0 Å². The van der Waals surface area contributed by atoms with Gasteiger partial charge in [0.1, 0.15) is 24.4 Å². The Bertz CT molecular complexity index is 663. The number of rotatable bonds is 4. The van der Waals surface area contributed by atoms with E-state index >= 15 is 0 Å². The summed E-state index contributed by atoms with van der Waals surface area (Å²) in [5.41, 5.74) is 0.935. The highest BCUT2D eigenvalue weighted by Crippen LogP contribution is 2.44. The SMILES string of the molecule is CC1(C)O[C@H]2[C@@H](O1)[C@@H](COCc1ccccc1Cl)O[C@@H]1OC(C)(C)O[C@@H]12. The van der Waals surface area contributed by atoms with Crippen LogP contribution in [0, 0.1) is 0 Å². The third-order valence-electron chi connectivity index (χ3n) is 4.75. The van der Waals surface area contributed by atoms with Gasteiger partial charge < -0.3 is 28.4 Å². The van der Waals surface area contributed by atoms with E-state index in [1.54, 1.807) is 0 Å². The summed E-state index contributed by atoms with van der Waals surface area (Å²) in [6.45, 7) is 8.27. The first kappa shape index (κ1) is 18.6. The summed E-state index contributed by atoms with van der Waals surface area (Å²) in [4.78, 5) is 0. The van der Waals surface area contributed by atoms with Crippen LogP contribution in [-0.4, -0.2) is 48.9 Å². The van der Waals surface area contributed by atoms with Crippen LogP contribution < -0.4 is 0 Å². The first-order chi connectivity index (χ1) is 12.2. The molecule has 0 unspecified atom stereocenters. The van der Waals surface area contributed by atoms with Gasteiger partial charge in [-0.3, -0.25) is 0 Å². The fourth-order valence-corrected chi connectivity index (χ4v) is 3.92. The van der Waals surface area contributed by atoms with Crippen LogP contribution in [0.2, 0.25) is 5.02 Å². The number of hydrogen-bond donors (Lipinski definition) is 0. The molecule has 0 N–H and O–H groups in total. The minimum Gasteiger partial charge on any atom is -0.374 e. The lowest BCUT2D eigenvalue weighted by Crippen LogP contribution is -2.56. The predicted molar refractivity (Wildman–Crippen MR) is 93.6 cm³/mol. The molecule has 1 aromatic carbocycles. The first-order valence-electron chi connectivity index (χ1n) is 8.92. The third-order valence-corrected chi connectivity index (χ3v) is 5.12. The van der Waals surface area contributed by atoms with Crippen molar-refractivity contribution < 1.29 is 28.4 Å². The fourth-order valence-electron chi connectivity index (χ4n) is 3.73. The summed E-state index contributed by atoms with van der Waals surface area (Å²) in [6.07, 6.45) is -1.69. The summed E-state index contributed by atoms with van der Waals surface area (Å²) in [5, 5.41) is 0.686. The Morgan fingerprint density at radius 1 is 0.923 bits per heavy atom. The zero-order valence-electron chi connectivity index (χ0n) is 15.4. The number of hydrogen-bond acceptors (Lipinski definition) is 6. The van der Waals surface area contributed by atoms with E-state index in [2.05, 4.69) is 0 Å². The van der Waals surface area contributed by atoms with Crippen LogP contribution in [-0.2, 0) is 35.0 Å². The van der Waals surface area contributed by atoms with E-state index in [0.717, 1.165) is 5.56 Å². The molecule has 3 aliphatic heterocycles. The molecule has 0 aromatic heterocycles. The van der Waals surface area contributed by atoms with Crippen LogP contribution in [0.15, 0.2) is 24.3 Å². The van der Waals surface area contributed by atoms with Crippen LogP contribution in [0.4, 0.5) is 0 Å². The van der Waals surface area contributed by atoms with Crippen LogP contribution in [0.3, 0.4) is 0 Å². The van der Waals surface area contributed by atoms with Gasteiger partial charge in [-0.05, 0) is 39.3 Å². The van der Waals surface area contributed by atoms with Crippen LogP contribution in [0.25, 0.3) is 0 Å². The smallest absolute Gasteiger partial charge is 0.190 e. The summed E-state index contributed by atoms with van der Waals surface area (Å²) in [7, 11) is 0. The van der Waals surface area contributed by atoms with E-state index in [-0.39, 0.29) is 24.4 Å². The fraction of sp³-hybridized carbons (Fsp3) is 0.684. The van der Waals surface area contributed by atoms with Crippen molar-refractivity contribution in [1.29, 1.82) is 0 Å². The van der Waals surface area contributed by atoms with Crippen molar-refractivity contribution in [2.24, 2.45) is 0 Å². The summed E-state index contributed by atoms with van der Waals surface area (Å²) >= 11 is 6.18. The average Bonchev–Trinajstić information content (AvgIpc) is 3.03. The second-order valence-corrected chi connectivity index (χ2v) is 8.22. The van der Waals surface area contributed by atoms with Gasteiger partial charge in [0.15, 0.2) is 17.9 Å². The second kappa shape index (κ2) is 6.71. The Hall–Kier alpha value is -0.730. The minimum atomic E-state index is -0.719. The van der Waals surface area contributed by atoms with Crippen LogP contribution in [0.5, 0.6) is 0 Å². The molecule has 3 aliphatic rings. The van der Waals surface area contributed by atoms with Crippen LogP contribution in [0.1, 0.15) is 33.3 Å². The zero-order valence-corrected chi connectivity index (χ0v) is 16.2. The molecule has 3 saturated heterocycles. The summed E-state index contributed by atoms with van der Waals surface area (Å²) in [5.74, 6) is -1.42. The molecule has 5 atom stereocenters. The molecule has 3 fully saturated rings. The van der Waals surface area contributed by atoms with E-state index in [9.17, 15) is 0 Å². The van der Waals surface area contributed by atoms with Gasteiger partial charge in [-0.1, -0.05) is 29.8 Å². The summed E-state index contributed by atoms with van der Waals surface area (Å²) in [6, 6.07) is 7.62. The molecule has 0 aliphatic carbocycles. The van der Waals surface area contributed by atoms with E-state index < -0.39 is 17.9 Å². The molecule has 0 saturated carbocycles. The maximum Gasteiger partial charge on any atom is 0.190 e. The van der Waals surface area contributed by atoms with Crippen molar-refractivity contribution in [2.45, 2.75) is 76.6 Å². The molecule has 26 heavy (non-hydrogen) atoms. The van der Waals surface area contributed by atoms with E-state index in [0.29, 0.717) is 18.2 Å². The predicted octanol–water partition coefficient (Wildman–Crippen LogP) is 3.25. The lowest BCUT2D eigenvalue weighted by molar-refractivity contribution is -0.243. The van der Waals surface area contributed by atoms with Gasteiger partial charge in [-0.2, -0.15) is 0 Å². The topological polar surface area (TPSA) is 55.4 Å². The molecule has 0 radical (unpaired) electrons. The van der Waals surface area contributed by atoms with E-state index in [4.69, 9.17) is 40.0 Å². The first-order valence-corrected chi connectivity index (χ1v) is 9.30. The van der Waals surface area contributed by atoms with E-state index in [1.165, 1.54) is 0 Å². The zero-order chi connectivity index (χ0) is 18.5. The number of halogens is 1. The molecule has 6 nitrogen and oxygen atoms in total. The normalized spacial score (nSPS) is 37.3.